The quantitative estimate of drug-likeness (QED) is 0.180. The maximum atomic E-state index is 12.5. The van der Waals surface area contributed by atoms with Crippen molar-refractivity contribution in [2.75, 3.05) is 12.0 Å². The number of imide groups is 1. The topological polar surface area (TPSA) is 91.1 Å². The summed E-state index contributed by atoms with van der Waals surface area (Å²) in [5.74, 6) is 0.787. The van der Waals surface area contributed by atoms with Crippen molar-refractivity contribution in [2.24, 2.45) is 0 Å². The van der Waals surface area contributed by atoms with Crippen molar-refractivity contribution < 1.29 is 28.3 Å². The molecule has 1 heterocycles. The molecule has 0 atom stereocenters. The number of hydrogen-bond donors (Lipinski definition) is 0. The number of anilines is 1. The Morgan fingerprint density at radius 2 is 1.31 bits per heavy atom. The maximum Gasteiger partial charge on any atom is 0.249 e. The molecule has 0 bridgehead atoms. The molecular formula is C34H30N2O6. The van der Waals surface area contributed by atoms with Crippen LogP contribution in [-0.2, 0) is 22.8 Å². The van der Waals surface area contributed by atoms with Crippen LogP contribution in [0.2, 0.25) is 0 Å². The molecule has 5 rings (SSSR count). The molecule has 0 saturated heterocycles. The van der Waals surface area contributed by atoms with Crippen LogP contribution >= 0.6 is 0 Å². The Balaban J connectivity index is 1.61. The number of ether oxygens (including phenoxy) is 3. The second-order valence-electron chi connectivity index (χ2n) is 9.52. The van der Waals surface area contributed by atoms with Crippen LogP contribution in [0.5, 0.6) is 17.2 Å². The van der Waals surface area contributed by atoms with Crippen LogP contribution in [-0.4, -0.2) is 24.1 Å². The van der Waals surface area contributed by atoms with Gasteiger partial charge in [0.15, 0.2) is 0 Å². The fraction of sp³-hybridized carbons (Fsp3) is 0.147. The third-order valence-electron chi connectivity index (χ3n) is 6.58. The zero-order valence-corrected chi connectivity index (χ0v) is 23.6. The van der Waals surface area contributed by atoms with Gasteiger partial charge in [0.25, 0.3) is 0 Å². The van der Waals surface area contributed by atoms with Gasteiger partial charge in [-0.3, -0.25) is 9.59 Å². The molecule has 0 aliphatic carbocycles. The summed E-state index contributed by atoms with van der Waals surface area (Å²) in [4.78, 5) is 26.0. The van der Waals surface area contributed by atoms with Gasteiger partial charge in [-0.15, -0.1) is 0 Å². The molecule has 0 radical (unpaired) electrons. The van der Waals surface area contributed by atoms with Crippen molar-refractivity contribution >= 4 is 17.7 Å². The zero-order chi connectivity index (χ0) is 29.5. The Morgan fingerprint density at radius 1 is 0.738 bits per heavy atom. The van der Waals surface area contributed by atoms with E-state index in [1.54, 1.807) is 25.3 Å². The number of aromatic nitrogens is 1. The minimum atomic E-state index is -0.495. The van der Waals surface area contributed by atoms with Crippen molar-refractivity contribution in [3.63, 3.8) is 0 Å². The van der Waals surface area contributed by atoms with Gasteiger partial charge in [0.1, 0.15) is 36.2 Å². The SMILES string of the molecule is COc1ccc(-c2c(-c3ccc(OCc4ccccc4)cc3OCc3ccccc3)noc2N(C(C)=O)C(C)=O)cc1. The number of methoxy groups -OCH3 is 1. The monoisotopic (exact) mass is 562 g/mol. The average Bonchev–Trinajstić information content (AvgIpc) is 3.43. The highest BCUT2D eigenvalue weighted by Gasteiger charge is 2.30. The van der Waals surface area contributed by atoms with Crippen LogP contribution in [0.15, 0.2) is 108 Å². The van der Waals surface area contributed by atoms with Crippen LogP contribution in [0.25, 0.3) is 22.4 Å². The van der Waals surface area contributed by atoms with Gasteiger partial charge in [-0.05, 0) is 41.0 Å². The number of amides is 2. The summed E-state index contributed by atoms with van der Waals surface area (Å²) in [5.41, 5.74) is 4.16. The van der Waals surface area contributed by atoms with E-state index >= 15 is 0 Å². The normalized spacial score (nSPS) is 10.6. The van der Waals surface area contributed by atoms with E-state index in [4.69, 9.17) is 18.7 Å². The van der Waals surface area contributed by atoms with Gasteiger partial charge in [0, 0.05) is 25.5 Å². The first-order valence-corrected chi connectivity index (χ1v) is 13.4. The van der Waals surface area contributed by atoms with E-state index in [1.807, 2.05) is 84.9 Å². The first-order valence-electron chi connectivity index (χ1n) is 13.4. The van der Waals surface area contributed by atoms with Crippen molar-refractivity contribution in [3.8, 4) is 39.6 Å². The molecule has 0 unspecified atom stereocenters. The van der Waals surface area contributed by atoms with E-state index in [-0.39, 0.29) is 5.88 Å². The minimum absolute atomic E-state index is 0.0218. The van der Waals surface area contributed by atoms with E-state index in [0.717, 1.165) is 16.0 Å². The standard InChI is InChI=1S/C34H30N2O6/c1-23(37)36(24(2)38)34-32(27-14-16-28(39-3)17-15-27)33(35-42-34)30-19-18-29(40-21-25-10-6-4-7-11-25)20-31(30)41-22-26-12-8-5-9-13-26/h4-20H,21-22H2,1-3H3. The number of carbonyl (C=O) groups excluding carboxylic acids is 2. The third kappa shape index (κ3) is 6.33. The second-order valence-corrected chi connectivity index (χ2v) is 9.52. The van der Waals surface area contributed by atoms with Gasteiger partial charge in [-0.25, -0.2) is 4.90 Å². The van der Waals surface area contributed by atoms with E-state index in [2.05, 4.69) is 5.16 Å². The molecule has 0 N–H and O–H groups in total. The number of benzene rings is 4. The largest absolute Gasteiger partial charge is 0.497 e. The maximum absolute atomic E-state index is 12.5. The number of rotatable bonds is 10. The highest BCUT2D eigenvalue weighted by molar-refractivity contribution is 6.15. The lowest BCUT2D eigenvalue weighted by Crippen LogP contribution is -2.33. The molecule has 0 aliphatic rings. The lowest BCUT2D eigenvalue weighted by Gasteiger charge is -2.17. The molecule has 1 aromatic heterocycles. The summed E-state index contributed by atoms with van der Waals surface area (Å²) in [6.45, 7) is 3.28. The molecule has 2 amide bonds. The summed E-state index contributed by atoms with van der Waals surface area (Å²) >= 11 is 0. The number of carbonyl (C=O) groups is 2. The first kappa shape index (κ1) is 28.2. The van der Waals surface area contributed by atoms with Crippen LogP contribution in [0.1, 0.15) is 25.0 Å². The van der Waals surface area contributed by atoms with E-state index in [9.17, 15) is 9.59 Å². The van der Waals surface area contributed by atoms with Gasteiger partial charge in [0.2, 0.25) is 17.7 Å². The molecule has 5 aromatic rings. The van der Waals surface area contributed by atoms with Gasteiger partial charge in [-0.2, -0.15) is 0 Å². The summed E-state index contributed by atoms with van der Waals surface area (Å²) in [5, 5.41) is 4.36. The summed E-state index contributed by atoms with van der Waals surface area (Å²) in [6, 6.07) is 32.3. The van der Waals surface area contributed by atoms with E-state index in [1.165, 1.54) is 13.8 Å². The molecule has 4 aromatic carbocycles. The van der Waals surface area contributed by atoms with Crippen molar-refractivity contribution in [2.45, 2.75) is 27.1 Å². The number of hydrogen-bond acceptors (Lipinski definition) is 7. The van der Waals surface area contributed by atoms with E-state index in [0.29, 0.717) is 52.8 Å². The Kier molecular flexibility index (Phi) is 8.63. The third-order valence-corrected chi connectivity index (χ3v) is 6.58. The Hall–Kier alpha value is -5.37. The number of nitrogens with zero attached hydrogens (tertiary/aromatic N) is 2. The predicted molar refractivity (Wildman–Crippen MR) is 159 cm³/mol. The van der Waals surface area contributed by atoms with Crippen molar-refractivity contribution in [3.05, 3.63) is 114 Å². The molecular weight excluding hydrogens is 532 g/mol. The molecule has 0 fully saturated rings. The molecule has 42 heavy (non-hydrogen) atoms. The highest BCUT2D eigenvalue weighted by Crippen LogP contribution is 2.44. The lowest BCUT2D eigenvalue weighted by molar-refractivity contribution is -0.124. The summed E-state index contributed by atoms with van der Waals surface area (Å²) < 4.78 is 23.5. The molecule has 0 saturated carbocycles. The smallest absolute Gasteiger partial charge is 0.249 e. The van der Waals surface area contributed by atoms with Gasteiger partial charge < -0.3 is 18.7 Å². The molecule has 8 heteroatoms. The van der Waals surface area contributed by atoms with Crippen LogP contribution in [0.4, 0.5) is 5.88 Å². The molecule has 0 aliphatic heterocycles. The molecule has 0 spiro atoms. The second kappa shape index (κ2) is 12.9. The van der Waals surface area contributed by atoms with Gasteiger partial charge in [-0.1, -0.05) is 78.0 Å². The lowest BCUT2D eigenvalue weighted by atomic mass is 9.99. The fourth-order valence-corrected chi connectivity index (χ4v) is 4.53. The van der Waals surface area contributed by atoms with Crippen LogP contribution < -0.4 is 19.1 Å². The van der Waals surface area contributed by atoms with Crippen molar-refractivity contribution in [1.29, 1.82) is 0 Å². The van der Waals surface area contributed by atoms with Crippen LogP contribution in [0.3, 0.4) is 0 Å². The average molecular weight is 563 g/mol. The Bertz CT molecular complexity index is 1650. The van der Waals surface area contributed by atoms with E-state index < -0.39 is 11.8 Å². The Labute approximate surface area is 244 Å². The fourth-order valence-electron chi connectivity index (χ4n) is 4.53. The summed E-state index contributed by atoms with van der Waals surface area (Å²) in [6.07, 6.45) is 0. The van der Waals surface area contributed by atoms with Crippen molar-refractivity contribution in [1.82, 2.24) is 5.16 Å². The zero-order valence-electron chi connectivity index (χ0n) is 23.6. The minimum Gasteiger partial charge on any atom is -0.497 e. The van der Waals surface area contributed by atoms with Crippen LogP contribution in [0, 0.1) is 0 Å². The molecule has 212 valence electrons. The predicted octanol–water partition coefficient (Wildman–Crippen LogP) is 7.07. The highest BCUT2D eigenvalue weighted by atomic mass is 16.5. The van der Waals surface area contributed by atoms with Gasteiger partial charge >= 0.3 is 0 Å². The Morgan fingerprint density at radius 3 is 1.88 bits per heavy atom. The first-order chi connectivity index (χ1) is 20.4. The summed E-state index contributed by atoms with van der Waals surface area (Å²) in [7, 11) is 1.58. The molecule has 8 nitrogen and oxygen atoms in total. The van der Waals surface area contributed by atoms with Gasteiger partial charge in [0.05, 0.1) is 12.7 Å².